The summed E-state index contributed by atoms with van der Waals surface area (Å²) < 4.78 is 16.9. The Kier molecular flexibility index (Phi) is 23.4. The summed E-state index contributed by atoms with van der Waals surface area (Å²) in [5.74, 6) is -2.46. The van der Waals surface area contributed by atoms with Crippen LogP contribution in [0.25, 0.3) is 0 Å². The third kappa shape index (κ3) is 19.1. The third-order valence-electron chi connectivity index (χ3n) is 10.6. The molecule has 4 N–H and O–H groups in total. The number of aliphatic hydroxyl groups is 2. The zero-order valence-electron chi connectivity index (χ0n) is 34.3. The molecule has 0 aliphatic carbocycles. The van der Waals surface area contributed by atoms with Crippen LogP contribution in [-0.2, 0) is 36.8 Å². The molecule has 1 saturated heterocycles. The van der Waals surface area contributed by atoms with E-state index in [4.69, 9.17) is 14.2 Å². The lowest BCUT2D eigenvalue weighted by Crippen LogP contribution is -2.65. The predicted molar refractivity (Wildman–Crippen MR) is 220 cm³/mol. The van der Waals surface area contributed by atoms with Crippen LogP contribution in [0.1, 0.15) is 140 Å². The first-order chi connectivity index (χ1) is 27.2. The molecule has 0 radical (unpaired) electrons. The summed E-state index contributed by atoms with van der Waals surface area (Å²) in [5.41, 5.74) is 2.04. The minimum atomic E-state index is -1.79. The van der Waals surface area contributed by atoms with Crippen molar-refractivity contribution in [2.45, 2.75) is 166 Å². The van der Waals surface area contributed by atoms with Crippen molar-refractivity contribution in [3.05, 3.63) is 71.8 Å². The lowest BCUT2D eigenvalue weighted by Gasteiger charge is -2.45. The first-order valence-electron chi connectivity index (χ1n) is 21.4. The van der Waals surface area contributed by atoms with E-state index < -0.39 is 42.8 Å². The lowest BCUT2D eigenvalue weighted by molar-refractivity contribution is -0.322. The number of carbonyl (C=O) groups excluding carboxylic acids is 3. The summed E-state index contributed by atoms with van der Waals surface area (Å²) in [6.07, 6.45) is 17.0. The van der Waals surface area contributed by atoms with Gasteiger partial charge in [-0.1, -0.05) is 157 Å². The van der Waals surface area contributed by atoms with E-state index in [1.54, 1.807) is 4.90 Å². The van der Waals surface area contributed by atoms with Crippen LogP contribution >= 0.6 is 0 Å². The molecule has 2 aromatic rings. The van der Waals surface area contributed by atoms with Gasteiger partial charge in [0.1, 0.15) is 25.4 Å². The Hall–Kier alpha value is -3.51. The smallest absolute Gasteiger partial charge is 0.407 e. The summed E-state index contributed by atoms with van der Waals surface area (Å²) in [4.78, 5) is 40.6. The molecule has 3 amide bonds. The zero-order chi connectivity index (χ0) is 40.3. The van der Waals surface area contributed by atoms with Crippen molar-refractivity contribution < 1.29 is 38.8 Å². The molecule has 1 heterocycles. The minimum absolute atomic E-state index is 0.0200. The molecule has 11 nitrogen and oxygen atoms in total. The quantitative estimate of drug-likeness (QED) is 0.0481. The van der Waals surface area contributed by atoms with Gasteiger partial charge in [-0.3, -0.25) is 9.59 Å². The molecule has 11 heteroatoms. The number of rotatable bonds is 29. The third-order valence-corrected chi connectivity index (χ3v) is 10.6. The van der Waals surface area contributed by atoms with Crippen molar-refractivity contribution in [1.82, 2.24) is 15.5 Å². The van der Waals surface area contributed by atoms with E-state index in [-0.39, 0.29) is 25.5 Å². The first kappa shape index (κ1) is 46.9. The largest absolute Gasteiger partial charge is 0.445 e. The molecule has 314 valence electrons. The lowest BCUT2D eigenvalue weighted by atomic mass is 9.98. The van der Waals surface area contributed by atoms with Crippen molar-refractivity contribution >= 4 is 17.9 Å². The molecule has 1 aliphatic heterocycles. The summed E-state index contributed by atoms with van der Waals surface area (Å²) in [5, 5.41) is 27.0. The average Bonchev–Trinajstić information content (AvgIpc) is 3.21. The van der Waals surface area contributed by atoms with Crippen LogP contribution in [0.2, 0.25) is 0 Å². The van der Waals surface area contributed by atoms with Crippen LogP contribution in [0.4, 0.5) is 4.79 Å². The normalized spacial score (nSPS) is 19.3. The first-order valence-corrected chi connectivity index (χ1v) is 21.4. The summed E-state index contributed by atoms with van der Waals surface area (Å²) in [6, 6.07) is 19.4. The monoisotopic (exact) mass is 782 g/mol. The SMILES string of the molecule is CCCCCCCCCCCCCCCCCC(=O)N(CCCCc1ccccc1)C[C@H]1O[C@](NC(=O)CNC(=O)OCc2ccccc2)(OC)C[C@@H](O)[C@@H]1O. The Morgan fingerprint density at radius 3 is 1.89 bits per heavy atom. The van der Waals surface area contributed by atoms with E-state index in [9.17, 15) is 24.6 Å². The Morgan fingerprint density at radius 2 is 1.32 bits per heavy atom. The zero-order valence-corrected chi connectivity index (χ0v) is 34.3. The molecule has 2 aromatic carbocycles. The number of alkyl carbamates (subject to hydrolysis) is 1. The number of methoxy groups -OCH3 is 1. The number of unbranched alkanes of at least 4 members (excludes halogenated alkanes) is 15. The summed E-state index contributed by atoms with van der Waals surface area (Å²) >= 11 is 0. The number of aryl methyl sites for hydroxylation is 1. The highest BCUT2D eigenvalue weighted by Gasteiger charge is 2.48. The van der Waals surface area contributed by atoms with Gasteiger partial charge < -0.3 is 40.0 Å². The second-order valence-electron chi connectivity index (χ2n) is 15.3. The Balaban J connectivity index is 1.46. The number of amides is 3. The number of benzene rings is 2. The van der Waals surface area contributed by atoms with Crippen molar-refractivity contribution in [3.8, 4) is 0 Å². The Morgan fingerprint density at radius 1 is 0.768 bits per heavy atom. The number of aliphatic hydroxyl groups excluding tert-OH is 2. The van der Waals surface area contributed by atoms with E-state index in [0.717, 1.165) is 44.1 Å². The van der Waals surface area contributed by atoms with Gasteiger partial charge in [-0.15, -0.1) is 0 Å². The maximum absolute atomic E-state index is 13.7. The molecule has 0 unspecified atom stereocenters. The highest BCUT2D eigenvalue weighted by Crippen LogP contribution is 2.29. The van der Waals surface area contributed by atoms with Gasteiger partial charge in [0.25, 0.3) is 5.91 Å². The van der Waals surface area contributed by atoms with Gasteiger partial charge in [-0.25, -0.2) is 4.79 Å². The molecular weight excluding hydrogens is 711 g/mol. The van der Waals surface area contributed by atoms with Gasteiger partial charge in [-0.05, 0) is 36.8 Å². The van der Waals surface area contributed by atoms with E-state index in [1.807, 2.05) is 48.5 Å². The van der Waals surface area contributed by atoms with E-state index in [1.165, 1.54) is 89.7 Å². The number of ether oxygens (including phenoxy) is 3. The highest BCUT2D eigenvalue weighted by atomic mass is 16.7. The molecule has 56 heavy (non-hydrogen) atoms. The highest BCUT2D eigenvalue weighted by molar-refractivity contribution is 5.82. The summed E-state index contributed by atoms with van der Waals surface area (Å²) in [6.45, 7) is 2.36. The second kappa shape index (κ2) is 28.0. The number of hydrogen-bond donors (Lipinski definition) is 4. The fourth-order valence-electron chi connectivity index (χ4n) is 7.21. The van der Waals surface area contributed by atoms with Gasteiger partial charge in [-0.2, -0.15) is 0 Å². The van der Waals surface area contributed by atoms with Crippen LogP contribution in [0, 0.1) is 0 Å². The maximum Gasteiger partial charge on any atom is 0.407 e. The Labute approximate surface area is 336 Å². The standard InChI is InChI=1S/C45H71N3O8/c1-3-4-5-6-7-8-9-10-11-12-13-14-15-16-23-31-42(51)48(32-25-24-28-37-26-19-17-20-27-37)35-40-43(52)39(49)33-45(54-2,56-40)47-41(50)34-46-44(53)55-36-38-29-21-18-22-30-38/h17-22,26-27,29-30,39-40,43,49,52H,3-16,23-25,28,31-36H2,1-2H3,(H,46,53)(H,47,50)/t39-,40-,43+,45-/m1/s1. The summed E-state index contributed by atoms with van der Waals surface area (Å²) in [7, 11) is 1.33. The molecule has 1 fully saturated rings. The molecule has 0 spiro atoms. The number of hydrogen-bond acceptors (Lipinski definition) is 8. The topological polar surface area (TPSA) is 147 Å². The Bertz CT molecular complexity index is 1350. The molecular formula is C45H71N3O8. The molecule has 0 aromatic heterocycles. The van der Waals surface area contributed by atoms with Crippen molar-refractivity contribution in [2.24, 2.45) is 0 Å². The van der Waals surface area contributed by atoms with Crippen LogP contribution in [-0.4, -0.2) is 84.0 Å². The second-order valence-corrected chi connectivity index (χ2v) is 15.3. The number of nitrogens with zero attached hydrogens (tertiary/aromatic N) is 1. The number of nitrogens with one attached hydrogen (secondary N) is 2. The van der Waals surface area contributed by atoms with Gasteiger partial charge >= 0.3 is 6.09 Å². The van der Waals surface area contributed by atoms with E-state index >= 15 is 0 Å². The molecule has 0 saturated carbocycles. The molecule has 4 atom stereocenters. The number of carbonyl (C=O) groups is 3. The van der Waals surface area contributed by atoms with Crippen LogP contribution in [0.15, 0.2) is 60.7 Å². The van der Waals surface area contributed by atoms with Crippen molar-refractivity contribution in [3.63, 3.8) is 0 Å². The molecule has 3 rings (SSSR count). The average molecular weight is 782 g/mol. The fraction of sp³-hybridized carbons (Fsp3) is 0.667. The van der Waals surface area contributed by atoms with Crippen molar-refractivity contribution in [1.29, 1.82) is 0 Å². The van der Waals surface area contributed by atoms with Gasteiger partial charge in [0.15, 0.2) is 0 Å². The maximum atomic E-state index is 13.7. The van der Waals surface area contributed by atoms with Crippen LogP contribution in [0.5, 0.6) is 0 Å². The fourth-order valence-corrected chi connectivity index (χ4v) is 7.21. The predicted octanol–water partition coefficient (Wildman–Crippen LogP) is 7.95. The van der Waals surface area contributed by atoms with Gasteiger partial charge in [0, 0.05) is 26.6 Å². The molecule has 1 aliphatic rings. The van der Waals surface area contributed by atoms with E-state index in [0.29, 0.717) is 13.0 Å². The minimum Gasteiger partial charge on any atom is -0.445 e. The van der Waals surface area contributed by atoms with Gasteiger partial charge in [0.05, 0.1) is 12.5 Å². The van der Waals surface area contributed by atoms with E-state index in [2.05, 4.69) is 29.7 Å². The molecule has 0 bridgehead atoms. The van der Waals surface area contributed by atoms with Crippen LogP contribution < -0.4 is 10.6 Å². The van der Waals surface area contributed by atoms with Crippen molar-refractivity contribution in [2.75, 3.05) is 26.7 Å². The van der Waals surface area contributed by atoms with Gasteiger partial charge in [0.2, 0.25) is 11.8 Å². The van der Waals surface area contributed by atoms with Crippen LogP contribution in [0.3, 0.4) is 0 Å².